The summed E-state index contributed by atoms with van der Waals surface area (Å²) in [4.78, 5) is 16.8. The van der Waals surface area contributed by atoms with Crippen LogP contribution < -0.4 is 9.64 Å². The highest BCUT2D eigenvalue weighted by Gasteiger charge is 2.34. The van der Waals surface area contributed by atoms with Crippen LogP contribution in [0.2, 0.25) is 0 Å². The molecule has 1 atom stereocenters. The van der Waals surface area contributed by atoms with Gasteiger partial charge in [0.15, 0.2) is 0 Å². The molecule has 1 aromatic carbocycles. The molecule has 7 nitrogen and oxygen atoms in total. The van der Waals surface area contributed by atoms with Crippen molar-refractivity contribution in [3.8, 4) is 5.75 Å². The Morgan fingerprint density at radius 3 is 2.73 bits per heavy atom. The van der Waals surface area contributed by atoms with Crippen molar-refractivity contribution in [2.24, 2.45) is 7.05 Å². The lowest BCUT2D eigenvalue weighted by atomic mass is 10.0. The highest BCUT2D eigenvalue weighted by atomic mass is 16.6. The van der Waals surface area contributed by atoms with Gasteiger partial charge in [0, 0.05) is 13.6 Å². The molecule has 0 amide bonds. The molecule has 0 saturated carbocycles. The smallest absolute Gasteiger partial charge is 0.406 e. The summed E-state index contributed by atoms with van der Waals surface area (Å²) in [5.74, 6) is 1.30. The molecule has 7 heteroatoms. The van der Waals surface area contributed by atoms with Crippen LogP contribution >= 0.6 is 0 Å². The Hall–Kier alpha value is -2.57. The van der Waals surface area contributed by atoms with Gasteiger partial charge in [-0.2, -0.15) is 0 Å². The summed E-state index contributed by atoms with van der Waals surface area (Å²) in [6.45, 7) is 0.789. The quantitative estimate of drug-likeness (QED) is 0.641. The molecule has 0 unspecified atom stereocenters. The van der Waals surface area contributed by atoms with Crippen molar-refractivity contribution in [3.63, 3.8) is 0 Å². The summed E-state index contributed by atoms with van der Waals surface area (Å²) in [5.41, 5.74) is 1.13. The molecular weight excluding hydrogens is 284 g/mol. The maximum absolute atomic E-state index is 11.2. The number of anilines is 1. The van der Waals surface area contributed by atoms with Crippen LogP contribution in [0.25, 0.3) is 0 Å². The van der Waals surface area contributed by atoms with Crippen LogP contribution in [0, 0.1) is 10.1 Å². The average molecular weight is 302 g/mol. The van der Waals surface area contributed by atoms with Crippen LogP contribution in [0.5, 0.6) is 5.75 Å². The van der Waals surface area contributed by atoms with Crippen molar-refractivity contribution in [2.45, 2.75) is 18.9 Å². The maximum atomic E-state index is 11.2. The third-order valence-corrected chi connectivity index (χ3v) is 4.09. The van der Waals surface area contributed by atoms with Crippen molar-refractivity contribution in [1.29, 1.82) is 0 Å². The minimum atomic E-state index is -0.418. The molecule has 1 fully saturated rings. The fraction of sp³-hybridized carbons (Fsp3) is 0.400. The van der Waals surface area contributed by atoms with Gasteiger partial charge in [0.2, 0.25) is 12.1 Å². The monoisotopic (exact) mass is 302 g/mol. The Bertz CT molecular complexity index is 681. The lowest BCUT2D eigenvalue weighted by Crippen LogP contribution is -2.25. The molecule has 0 radical (unpaired) electrons. The first-order valence-corrected chi connectivity index (χ1v) is 7.18. The zero-order valence-corrected chi connectivity index (χ0v) is 12.6. The van der Waals surface area contributed by atoms with Gasteiger partial charge in [-0.15, -0.1) is 0 Å². The van der Waals surface area contributed by atoms with Gasteiger partial charge < -0.3 is 19.8 Å². The zero-order chi connectivity index (χ0) is 15.7. The zero-order valence-electron chi connectivity index (χ0n) is 12.6. The SMILES string of the molecule is COc1ccc([C@@H]2CCCN2c2c([N+](=O)[O-])ncn2C)cc1. The van der Waals surface area contributed by atoms with Crippen molar-refractivity contribution in [2.75, 3.05) is 18.6 Å². The van der Waals surface area contributed by atoms with E-state index in [4.69, 9.17) is 4.74 Å². The van der Waals surface area contributed by atoms with Crippen LogP contribution in [-0.4, -0.2) is 28.1 Å². The molecular formula is C15H18N4O3. The van der Waals surface area contributed by atoms with E-state index in [-0.39, 0.29) is 11.9 Å². The topological polar surface area (TPSA) is 73.4 Å². The number of methoxy groups -OCH3 is 1. The Labute approximate surface area is 128 Å². The molecule has 0 aliphatic carbocycles. The summed E-state index contributed by atoms with van der Waals surface area (Å²) in [6, 6.07) is 8.00. The molecule has 1 aromatic heterocycles. The van der Waals surface area contributed by atoms with Crippen LogP contribution in [0.1, 0.15) is 24.4 Å². The number of hydrogen-bond donors (Lipinski definition) is 0. The van der Waals surface area contributed by atoms with Gasteiger partial charge >= 0.3 is 5.82 Å². The fourth-order valence-electron chi connectivity index (χ4n) is 3.06. The molecule has 2 aromatic rings. The van der Waals surface area contributed by atoms with Gasteiger partial charge in [0.25, 0.3) is 0 Å². The largest absolute Gasteiger partial charge is 0.497 e. The molecule has 1 aliphatic rings. The van der Waals surface area contributed by atoms with Gasteiger partial charge in [-0.25, -0.2) is 0 Å². The third-order valence-electron chi connectivity index (χ3n) is 4.09. The molecule has 0 N–H and O–H groups in total. The standard InChI is InChI=1S/C15H18N4O3/c1-17-10-16-14(19(20)21)15(17)18-9-3-4-13(18)11-5-7-12(22-2)8-6-11/h5-8,10,13H,3-4,9H2,1-2H3/t13-/m0/s1. The number of nitrogens with zero attached hydrogens (tertiary/aromatic N) is 4. The van der Waals surface area contributed by atoms with Crippen molar-refractivity contribution in [3.05, 3.63) is 46.3 Å². The second kappa shape index (κ2) is 5.67. The van der Waals surface area contributed by atoms with Gasteiger partial charge in [0.05, 0.1) is 13.2 Å². The van der Waals surface area contributed by atoms with Crippen LogP contribution in [0.4, 0.5) is 11.6 Å². The summed E-state index contributed by atoms with van der Waals surface area (Å²) < 4.78 is 6.91. The molecule has 1 saturated heterocycles. The summed E-state index contributed by atoms with van der Waals surface area (Å²) in [6.07, 6.45) is 3.46. The fourth-order valence-corrected chi connectivity index (χ4v) is 3.06. The Morgan fingerprint density at radius 2 is 2.09 bits per heavy atom. The van der Waals surface area contributed by atoms with Gasteiger partial charge in [-0.3, -0.25) is 4.57 Å². The minimum Gasteiger partial charge on any atom is -0.497 e. The molecule has 0 spiro atoms. The maximum Gasteiger partial charge on any atom is 0.406 e. The number of rotatable bonds is 4. The van der Waals surface area contributed by atoms with Crippen LogP contribution in [-0.2, 0) is 7.05 Å². The number of imidazole rings is 1. The molecule has 1 aliphatic heterocycles. The van der Waals surface area contributed by atoms with Gasteiger partial charge in [-0.1, -0.05) is 12.1 Å². The van der Waals surface area contributed by atoms with E-state index in [2.05, 4.69) is 9.88 Å². The first-order valence-electron chi connectivity index (χ1n) is 7.18. The average Bonchev–Trinajstić information content (AvgIpc) is 3.13. The van der Waals surface area contributed by atoms with E-state index in [1.165, 1.54) is 6.33 Å². The van der Waals surface area contributed by atoms with Crippen molar-refractivity contribution in [1.82, 2.24) is 9.55 Å². The number of nitro groups is 1. The molecule has 3 rings (SSSR count). The van der Waals surface area contributed by atoms with Crippen LogP contribution in [0.15, 0.2) is 30.6 Å². The third kappa shape index (κ3) is 2.38. The van der Waals surface area contributed by atoms with Gasteiger partial charge in [-0.05, 0) is 40.4 Å². The van der Waals surface area contributed by atoms with E-state index in [0.29, 0.717) is 5.82 Å². The van der Waals surface area contributed by atoms with E-state index >= 15 is 0 Å². The summed E-state index contributed by atoms with van der Waals surface area (Å²) in [7, 11) is 3.43. The lowest BCUT2D eigenvalue weighted by molar-refractivity contribution is -0.388. The lowest BCUT2D eigenvalue weighted by Gasteiger charge is -2.26. The van der Waals surface area contributed by atoms with E-state index in [9.17, 15) is 10.1 Å². The minimum absolute atomic E-state index is 0.0806. The first kappa shape index (κ1) is 14.4. The van der Waals surface area contributed by atoms with Crippen molar-refractivity contribution >= 4 is 11.6 Å². The molecule has 0 bridgehead atoms. The Kier molecular flexibility index (Phi) is 3.70. The summed E-state index contributed by atoms with van der Waals surface area (Å²) >= 11 is 0. The highest BCUT2D eigenvalue weighted by Crippen LogP contribution is 2.39. The number of aromatic nitrogens is 2. The first-order chi connectivity index (χ1) is 10.6. The normalized spacial score (nSPS) is 17.7. The van der Waals surface area contributed by atoms with Crippen LogP contribution in [0.3, 0.4) is 0 Å². The second-order valence-electron chi connectivity index (χ2n) is 5.38. The Morgan fingerprint density at radius 1 is 1.36 bits per heavy atom. The van der Waals surface area contributed by atoms with Gasteiger partial charge in [0.1, 0.15) is 5.75 Å². The van der Waals surface area contributed by atoms with Crippen molar-refractivity contribution < 1.29 is 9.66 Å². The van der Waals surface area contributed by atoms with E-state index in [1.807, 2.05) is 24.3 Å². The number of hydrogen-bond acceptors (Lipinski definition) is 5. The number of benzene rings is 1. The van der Waals surface area contributed by atoms with E-state index in [0.717, 1.165) is 30.7 Å². The molecule has 2 heterocycles. The van der Waals surface area contributed by atoms with E-state index < -0.39 is 4.92 Å². The number of aryl methyl sites for hydroxylation is 1. The predicted molar refractivity (Wildman–Crippen MR) is 82.2 cm³/mol. The summed E-state index contributed by atoms with van der Waals surface area (Å²) in [5, 5.41) is 11.2. The van der Waals surface area contributed by atoms with E-state index in [1.54, 1.807) is 18.7 Å². The molecule has 116 valence electrons. The molecule has 22 heavy (non-hydrogen) atoms. The Balaban J connectivity index is 1.96. The highest BCUT2D eigenvalue weighted by molar-refractivity contribution is 5.57. The number of ether oxygens (including phenoxy) is 1. The predicted octanol–water partition coefficient (Wildman–Crippen LogP) is 2.68. The second-order valence-corrected chi connectivity index (χ2v) is 5.38.